The highest BCUT2D eigenvalue weighted by Gasteiger charge is 2.15. The van der Waals surface area contributed by atoms with E-state index in [-0.39, 0.29) is 5.60 Å². The molecule has 9 heavy (non-hydrogen) atoms. The van der Waals surface area contributed by atoms with Crippen LogP contribution in [-0.2, 0) is 4.74 Å². The van der Waals surface area contributed by atoms with Crippen molar-refractivity contribution < 1.29 is 4.74 Å². The van der Waals surface area contributed by atoms with Gasteiger partial charge in [0.25, 0.3) is 0 Å². The van der Waals surface area contributed by atoms with Crippen LogP contribution in [0.25, 0.3) is 0 Å². The van der Waals surface area contributed by atoms with Crippen LogP contribution in [0.2, 0.25) is 0 Å². The minimum Gasteiger partial charge on any atom is -0.484 e. The quantitative estimate of drug-likeness (QED) is 0.564. The molecule has 0 aromatic carbocycles. The zero-order valence-electron chi connectivity index (χ0n) is 6.31. The fourth-order valence-electron chi connectivity index (χ4n) is 0.791. The van der Waals surface area contributed by atoms with Crippen LogP contribution in [-0.4, -0.2) is 11.2 Å². The summed E-state index contributed by atoms with van der Waals surface area (Å²) in [6.07, 6.45) is 2.19. The summed E-state index contributed by atoms with van der Waals surface area (Å²) in [5.74, 6) is 0. The van der Waals surface area contributed by atoms with E-state index >= 15 is 0 Å². The molecule has 54 valence electrons. The predicted octanol–water partition coefficient (Wildman–Crippen LogP) is 2.54. The van der Waals surface area contributed by atoms with E-state index in [1.165, 1.54) is 5.55 Å². The molecule has 0 aliphatic heterocycles. The Hall–Kier alpha value is -0.110. The van der Waals surface area contributed by atoms with Crippen molar-refractivity contribution in [3.63, 3.8) is 0 Å². The minimum atomic E-state index is -0.0590. The molecule has 0 aliphatic rings. The molecule has 0 unspecified atom stereocenters. The Kier molecular flexibility index (Phi) is 3.78. The third-order valence-electron chi connectivity index (χ3n) is 1.22. The lowest BCUT2D eigenvalue weighted by atomic mass is 10.0. The Bertz CT molecular complexity index is 88.9. The van der Waals surface area contributed by atoms with Crippen molar-refractivity contribution >= 4 is 17.8 Å². The van der Waals surface area contributed by atoms with Crippen molar-refractivity contribution in [1.29, 1.82) is 0 Å². The highest BCUT2D eigenvalue weighted by molar-refractivity contribution is 7.78. The molecule has 0 radical (unpaired) electrons. The fraction of sp³-hybridized carbons (Fsp3) is 0.857. The van der Waals surface area contributed by atoms with Crippen molar-refractivity contribution in [2.75, 3.05) is 0 Å². The van der Waals surface area contributed by atoms with Crippen LogP contribution in [0.15, 0.2) is 0 Å². The van der Waals surface area contributed by atoms with Gasteiger partial charge >= 0.3 is 0 Å². The van der Waals surface area contributed by atoms with E-state index in [1.54, 1.807) is 0 Å². The van der Waals surface area contributed by atoms with Crippen LogP contribution >= 0.6 is 12.2 Å². The van der Waals surface area contributed by atoms with Gasteiger partial charge in [-0.2, -0.15) is 0 Å². The van der Waals surface area contributed by atoms with Gasteiger partial charge in [-0.3, -0.25) is 0 Å². The van der Waals surface area contributed by atoms with Gasteiger partial charge in [-0.05, 0) is 32.5 Å². The first-order valence-corrected chi connectivity index (χ1v) is 3.71. The molecule has 0 aromatic heterocycles. The molecule has 2 heteroatoms. The van der Waals surface area contributed by atoms with Crippen molar-refractivity contribution in [2.24, 2.45) is 0 Å². The van der Waals surface area contributed by atoms with Crippen LogP contribution in [0.5, 0.6) is 0 Å². The van der Waals surface area contributed by atoms with Gasteiger partial charge in [-0.25, -0.2) is 0 Å². The molecule has 0 aromatic rings. The molecule has 0 saturated carbocycles. The summed E-state index contributed by atoms with van der Waals surface area (Å²) in [5.41, 5.74) is 1.28. The molecule has 0 amide bonds. The smallest absolute Gasteiger partial charge is 0.147 e. The van der Waals surface area contributed by atoms with Crippen LogP contribution in [0.3, 0.4) is 0 Å². The van der Waals surface area contributed by atoms with Crippen molar-refractivity contribution in [2.45, 2.75) is 39.2 Å². The maximum absolute atomic E-state index is 5.16. The van der Waals surface area contributed by atoms with E-state index in [0.29, 0.717) is 0 Å². The van der Waals surface area contributed by atoms with Gasteiger partial charge in [0.05, 0.1) is 0 Å². The Morgan fingerprint density at radius 2 is 2.11 bits per heavy atom. The van der Waals surface area contributed by atoms with Crippen molar-refractivity contribution in [1.82, 2.24) is 0 Å². The van der Waals surface area contributed by atoms with Gasteiger partial charge in [-0.1, -0.05) is 13.3 Å². The second kappa shape index (κ2) is 3.83. The molecular weight excluding hydrogens is 132 g/mol. The number of hydrogen-bond acceptors (Lipinski definition) is 2. The van der Waals surface area contributed by atoms with Gasteiger partial charge in [0.2, 0.25) is 0 Å². The average Bonchev–Trinajstić information content (AvgIpc) is 1.64. The first kappa shape index (κ1) is 8.89. The van der Waals surface area contributed by atoms with Gasteiger partial charge in [-0.15, -0.1) is 0 Å². The predicted molar refractivity (Wildman–Crippen MR) is 43.7 cm³/mol. The van der Waals surface area contributed by atoms with E-state index in [2.05, 4.69) is 19.1 Å². The Morgan fingerprint density at radius 3 is 2.44 bits per heavy atom. The number of rotatable bonds is 4. The summed E-state index contributed by atoms with van der Waals surface area (Å²) in [4.78, 5) is 0. The zero-order valence-corrected chi connectivity index (χ0v) is 7.12. The molecule has 0 saturated heterocycles. The highest BCUT2D eigenvalue weighted by Crippen LogP contribution is 2.14. The first-order valence-electron chi connectivity index (χ1n) is 3.24. The first-order chi connectivity index (χ1) is 4.12. The van der Waals surface area contributed by atoms with E-state index in [0.717, 1.165) is 12.8 Å². The third-order valence-corrected chi connectivity index (χ3v) is 1.32. The normalized spacial score (nSPS) is 11.0. The Labute approximate surface area is 62.4 Å². The molecule has 0 N–H and O–H groups in total. The molecule has 0 aliphatic carbocycles. The molecular formula is C7H14OS. The SMILES string of the molecule is CCCC(C)(C)OC=S. The molecule has 1 nitrogen and oxygen atoms in total. The number of thiocarbonyl (C=S) groups is 1. The average molecular weight is 146 g/mol. The Morgan fingerprint density at radius 1 is 1.56 bits per heavy atom. The maximum Gasteiger partial charge on any atom is 0.147 e. The summed E-state index contributed by atoms with van der Waals surface area (Å²) in [6.45, 7) is 6.22. The van der Waals surface area contributed by atoms with E-state index in [9.17, 15) is 0 Å². The molecule has 0 bridgehead atoms. The fourth-order valence-corrected chi connectivity index (χ4v) is 1.05. The summed E-state index contributed by atoms with van der Waals surface area (Å²) in [5, 5.41) is 0. The topological polar surface area (TPSA) is 9.23 Å². The number of ether oxygens (including phenoxy) is 1. The van der Waals surface area contributed by atoms with Crippen LogP contribution in [0.1, 0.15) is 33.6 Å². The van der Waals surface area contributed by atoms with Crippen LogP contribution in [0, 0.1) is 0 Å². The maximum atomic E-state index is 5.16. The monoisotopic (exact) mass is 146 g/mol. The van der Waals surface area contributed by atoms with Gasteiger partial charge in [0.15, 0.2) is 0 Å². The lowest BCUT2D eigenvalue weighted by molar-refractivity contribution is 0.0977. The summed E-state index contributed by atoms with van der Waals surface area (Å²) < 4.78 is 5.16. The summed E-state index contributed by atoms with van der Waals surface area (Å²) in [7, 11) is 0. The van der Waals surface area contributed by atoms with Crippen LogP contribution in [0.4, 0.5) is 0 Å². The van der Waals surface area contributed by atoms with Gasteiger partial charge < -0.3 is 4.74 Å². The van der Waals surface area contributed by atoms with E-state index in [4.69, 9.17) is 4.74 Å². The molecule has 0 atom stereocenters. The molecule has 0 fully saturated rings. The number of hydrogen-bond donors (Lipinski definition) is 0. The third kappa shape index (κ3) is 4.40. The zero-order chi connectivity index (χ0) is 7.33. The second-order valence-corrected chi connectivity index (χ2v) is 2.92. The van der Waals surface area contributed by atoms with Crippen LogP contribution < -0.4 is 0 Å². The van der Waals surface area contributed by atoms with E-state index in [1.807, 2.05) is 13.8 Å². The Balaban J connectivity index is 3.55. The van der Waals surface area contributed by atoms with Gasteiger partial charge in [0.1, 0.15) is 11.2 Å². The summed E-state index contributed by atoms with van der Waals surface area (Å²) >= 11 is 4.57. The summed E-state index contributed by atoms with van der Waals surface area (Å²) in [6, 6.07) is 0. The molecule has 0 heterocycles. The molecule has 0 spiro atoms. The lowest BCUT2D eigenvalue weighted by Gasteiger charge is -2.22. The van der Waals surface area contributed by atoms with Gasteiger partial charge in [0, 0.05) is 0 Å². The highest BCUT2D eigenvalue weighted by atomic mass is 32.1. The minimum absolute atomic E-state index is 0.0590. The van der Waals surface area contributed by atoms with Crippen molar-refractivity contribution in [3.8, 4) is 0 Å². The standard InChI is InChI=1S/C7H14OS/c1-4-5-7(2,3)8-6-9/h6H,4-5H2,1-3H3. The van der Waals surface area contributed by atoms with E-state index < -0.39 is 0 Å². The molecule has 0 rings (SSSR count). The second-order valence-electron chi connectivity index (χ2n) is 2.72. The largest absolute Gasteiger partial charge is 0.484 e. The van der Waals surface area contributed by atoms with Crippen molar-refractivity contribution in [3.05, 3.63) is 0 Å². The lowest BCUT2D eigenvalue weighted by Crippen LogP contribution is -2.22.